The Kier molecular flexibility index (Phi) is 4.84. The third-order valence-electron chi connectivity index (χ3n) is 3.50. The normalized spacial score (nSPS) is 23.9. The third-order valence-corrected chi connectivity index (χ3v) is 3.93. The Labute approximate surface area is 112 Å². The minimum absolute atomic E-state index is 0.215. The molecule has 0 heterocycles. The highest BCUT2D eigenvalue weighted by atomic mass is 35.5. The molecule has 1 saturated carbocycles. The molecule has 0 spiro atoms. The first kappa shape index (κ1) is 13.6. The Morgan fingerprint density at radius 3 is 2.67 bits per heavy atom. The van der Waals surface area contributed by atoms with Crippen molar-refractivity contribution in [1.29, 1.82) is 0 Å². The van der Waals surface area contributed by atoms with Crippen molar-refractivity contribution in [3.63, 3.8) is 0 Å². The van der Waals surface area contributed by atoms with Gasteiger partial charge in [-0.05, 0) is 31.7 Å². The number of alkyl halides is 1. The van der Waals surface area contributed by atoms with Gasteiger partial charge in [-0.3, -0.25) is 0 Å². The summed E-state index contributed by atoms with van der Waals surface area (Å²) in [5.41, 5.74) is 0.684. The van der Waals surface area contributed by atoms with E-state index in [1.807, 2.05) is 0 Å². The molecule has 1 aromatic carbocycles. The standard InChI is InChI=1S/C14H19ClFNO/c1-18-13-7-2-10(14(16)8-13)9-17-12-5-3-11(15)4-6-12/h2,7-8,11-12,17H,3-6,9H2,1H3. The molecule has 0 saturated heterocycles. The average Bonchev–Trinajstić information content (AvgIpc) is 2.39. The lowest BCUT2D eigenvalue weighted by Gasteiger charge is -2.26. The predicted octanol–water partition coefficient (Wildman–Crippen LogP) is 3.47. The number of hydrogen-bond donors (Lipinski definition) is 1. The lowest BCUT2D eigenvalue weighted by Crippen LogP contribution is -2.33. The van der Waals surface area contributed by atoms with Crippen molar-refractivity contribution in [1.82, 2.24) is 5.32 Å². The van der Waals surface area contributed by atoms with Gasteiger partial charge in [0.1, 0.15) is 11.6 Å². The van der Waals surface area contributed by atoms with Gasteiger partial charge in [-0.1, -0.05) is 6.07 Å². The zero-order valence-electron chi connectivity index (χ0n) is 10.6. The molecule has 2 nitrogen and oxygen atoms in total. The summed E-state index contributed by atoms with van der Waals surface area (Å²) >= 11 is 6.06. The fourth-order valence-corrected chi connectivity index (χ4v) is 2.56. The summed E-state index contributed by atoms with van der Waals surface area (Å²) in [6.07, 6.45) is 4.24. The van der Waals surface area contributed by atoms with Crippen molar-refractivity contribution in [3.05, 3.63) is 29.6 Å². The highest BCUT2D eigenvalue weighted by molar-refractivity contribution is 6.20. The van der Waals surface area contributed by atoms with E-state index >= 15 is 0 Å². The number of halogens is 2. The van der Waals surface area contributed by atoms with Crippen LogP contribution in [-0.2, 0) is 6.54 Å². The van der Waals surface area contributed by atoms with Crippen LogP contribution in [0, 0.1) is 5.82 Å². The van der Waals surface area contributed by atoms with Crippen LogP contribution >= 0.6 is 11.6 Å². The molecule has 2 rings (SSSR count). The van der Waals surface area contributed by atoms with Gasteiger partial charge in [-0.2, -0.15) is 0 Å². The Bertz CT molecular complexity index is 391. The van der Waals surface area contributed by atoms with Crippen molar-refractivity contribution in [2.75, 3.05) is 7.11 Å². The number of ether oxygens (including phenoxy) is 1. The van der Waals surface area contributed by atoms with E-state index in [0.717, 1.165) is 25.7 Å². The van der Waals surface area contributed by atoms with E-state index in [1.165, 1.54) is 13.2 Å². The van der Waals surface area contributed by atoms with Crippen LogP contribution in [0.25, 0.3) is 0 Å². The Hall–Kier alpha value is -0.800. The number of rotatable bonds is 4. The summed E-state index contributed by atoms with van der Waals surface area (Å²) in [6, 6.07) is 5.44. The minimum atomic E-state index is -0.215. The van der Waals surface area contributed by atoms with E-state index in [1.54, 1.807) is 12.1 Å². The van der Waals surface area contributed by atoms with Gasteiger partial charge in [0.25, 0.3) is 0 Å². The molecule has 0 aliphatic heterocycles. The van der Waals surface area contributed by atoms with Gasteiger partial charge in [0.05, 0.1) is 7.11 Å². The summed E-state index contributed by atoms with van der Waals surface area (Å²) in [5.74, 6) is 0.340. The van der Waals surface area contributed by atoms with E-state index in [-0.39, 0.29) is 5.82 Å². The molecule has 0 bridgehead atoms. The molecule has 0 unspecified atom stereocenters. The van der Waals surface area contributed by atoms with E-state index in [4.69, 9.17) is 16.3 Å². The Morgan fingerprint density at radius 1 is 1.33 bits per heavy atom. The molecule has 1 N–H and O–H groups in total. The Balaban J connectivity index is 1.86. The fourth-order valence-electron chi connectivity index (χ4n) is 2.31. The SMILES string of the molecule is COc1ccc(CNC2CCC(Cl)CC2)c(F)c1. The van der Waals surface area contributed by atoms with Crippen LogP contribution in [-0.4, -0.2) is 18.5 Å². The summed E-state index contributed by atoms with van der Waals surface area (Å²) < 4.78 is 18.7. The largest absolute Gasteiger partial charge is 0.497 e. The molecule has 1 aliphatic carbocycles. The van der Waals surface area contributed by atoms with Gasteiger partial charge in [-0.15, -0.1) is 11.6 Å². The summed E-state index contributed by atoms with van der Waals surface area (Å²) in [5, 5.41) is 3.72. The number of nitrogens with one attached hydrogen (secondary N) is 1. The van der Waals surface area contributed by atoms with Crippen molar-refractivity contribution in [2.24, 2.45) is 0 Å². The van der Waals surface area contributed by atoms with E-state index in [0.29, 0.717) is 29.3 Å². The maximum atomic E-state index is 13.7. The molecule has 0 radical (unpaired) electrons. The van der Waals surface area contributed by atoms with Crippen LogP contribution in [0.2, 0.25) is 0 Å². The van der Waals surface area contributed by atoms with Crippen molar-refractivity contribution in [3.8, 4) is 5.75 Å². The molecule has 0 amide bonds. The smallest absolute Gasteiger partial charge is 0.131 e. The maximum absolute atomic E-state index is 13.7. The lowest BCUT2D eigenvalue weighted by molar-refractivity contribution is 0.373. The lowest BCUT2D eigenvalue weighted by atomic mass is 9.95. The zero-order chi connectivity index (χ0) is 13.0. The molecule has 0 aromatic heterocycles. The van der Waals surface area contributed by atoms with E-state index in [9.17, 15) is 4.39 Å². The summed E-state index contributed by atoms with van der Waals surface area (Å²) in [6.45, 7) is 0.563. The quantitative estimate of drug-likeness (QED) is 0.847. The van der Waals surface area contributed by atoms with Crippen LogP contribution in [0.4, 0.5) is 4.39 Å². The fraction of sp³-hybridized carbons (Fsp3) is 0.571. The number of benzene rings is 1. The maximum Gasteiger partial charge on any atom is 0.131 e. The van der Waals surface area contributed by atoms with Gasteiger partial charge in [0.2, 0.25) is 0 Å². The second-order valence-electron chi connectivity index (χ2n) is 4.79. The molecule has 1 aliphatic rings. The van der Waals surface area contributed by atoms with Crippen LogP contribution in [0.15, 0.2) is 18.2 Å². The second-order valence-corrected chi connectivity index (χ2v) is 5.40. The molecule has 100 valence electrons. The minimum Gasteiger partial charge on any atom is -0.497 e. The summed E-state index contributed by atoms with van der Waals surface area (Å²) in [4.78, 5) is 0. The average molecular weight is 272 g/mol. The molecule has 1 aromatic rings. The topological polar surface area (TPSA) is 21.3 Å². The summed E-state index contributed by atoms with van der Waals surface area (Å²) in [7, 11) is 1.54. The van der Waals surface area contributed by atoms with E-state index in [2.05, 4.69) is 5.32 Å². The molecular weight excluding hydrogens is 253 g/mol. The van der Waals surface area contributed by atoms with Crippen molar-refractivity contribution in [2.45, 2.75) is 43.6 Å². The predicted molar refractivity (Wildman–Crippen MR) is 71.7 cm³/mol. The first-order valence-corrected chi connectivity index (χ1v) is 6.82. The van der Waals surface area contributed by atoms with Gasteiger partial charge in [0, 0.05) is 29.6 Å². The third kappa shape index (κ3) is 3.59. The van der Waals surface area contributed by atoms with Crippen molar-refractivity contribution < 1.29 is 9.13 Å². The van der Waals surface area contributed by atoms with Crippen LogP contribution < -0.4 is 10.1 Å². The van der Waals surface area contributed by atoms with Crippen LogP contribution in [0.3, 0.4) is 0 Å². The van der Waals surface area contributed by atoms with Crippen molar-refractivity contribution >= 4 is 11.6 Å². The van der Waals surface area contributed by atoms with Gasteiger partial charge >= 0.3 is 0 Å². The number of methoxy groups -OCH3 is 1. The molecule has 0 atom stereocenters. The highest BCUT2D eigenvalue weighted by Gasteiger charge is 2.19. The molecule has 4 heteroatoms. The first-order valence-electron chi connectivity index (χ1n) is 6.39. The zero-order valence-corrected chi connectivity index (χ0v) is 11.3. The monoisotopic (exact) mass is 271 g/mol. The van der Waals surface area contributed by atoms with E-state index < -0.39 is 0 Å². The Morgan fingerprint density at radius 2 is 2.06 bits per heavy atom. The molecular formula is C14H19ClFNO. The van der Waals surface area contributed by atoms with Crippen LogP contribution in [0.5, 0.6) is 5.75 Å². The van der Waals surface area contributed by atoms with Gasteiger partial charge in [-0.25, -0.2) is 4.39 Å². The number of hydrogen-bond acceptors (Lipinski definition) is 2. The highest BCUT2D eigenvalue weighted by Crippen LogP contribution is 2.23. The van der Waals surface area contributed by atoms with Gasteiger partial charge in [0.15, 0.2) is 0 Å². The first-order chi connectivity index (χ1) is 8.69. The molecule has 1 fully saturated rings. The second kappa shape index (κ2) is 6.39. The van der Waals surface area contributed by atoms with Crippen LogP contribution in [0.1, 0.15) is 31.2 Å². The van der Waals surface area contributed by atoms with Gasteiger partial charge < -0.3 is 10.1 Å². The molecule has 18 heavy (non-hydrogen) atoms.